The zero-order valence-corrected chi connectivity index (χ0v) is 20.5. The van der Waals surface area contributed by atoms with Crippen LogP contribution >= 0.6 is 0 Å². The first kappa shape index (κ1) is 22.5. The quantitative estimate of drug-likeness (QED) is 0.678. The lowest BCUT2D eigenvalue weighted by Crippen LogP contribution is -2.89. The number of likely N-dealkylation sites (N-methyl/N-ethyl adjacent to an activating group) is 1. The molecule has 0 saturated carbocycles. The zero-order valence-electron chi connectivity index (χ0n) is 20.5. The Kier molecular flexibility index (Phi) is 6.30. The van der Waals surface area contributed by atoms with Crippen LogP contribution in [0.4, 0.5) is 0 Å². The van der Waals surface area contributed by atoms with Crippen molar-refractivity contribution in [3.05, 3.63) is 24.5 Å². The van der Waals surface area contributed by atoms with Crippen LogP contribution in [-0.4, -0.2) is 109 Å². The number of hydrogen-bond donors (Lipinski definition) is 1. The van der Waals surface area contributed by atoms with Gasteiger partial charge in [-0.1, -0.05) is 6.08 Å². The Labute approximate surface area is 199 Å². The highest BCUT2D eigenvalue weighted by molar-refractivity contribution is 5.25. The summed E-state index contributed by atoms with van der Waals surface area (Å²) >= 11 is 0. The van der Waals surface area contributed by atoms with E-state index in [1.807, 2.05) is 12.3 Å². The molecular formula is C26H43N5O2. The molecule has 0 amide bonds. The summed E-state index contributed by atoms with van der Waals surface area (Å²) in [6.07, 6.45) is 17.5. The molecule has 7 heteroatoms. The predicted molar refractivity (Wildman–Crippen MR) is 130 cm³/mol. The average Bonchev–Trinajstić information content (AvgIpc) is 3.67. The first-order valence-electron chi connectivity index (χ1n) is 13.6. The highest BCUT2D eigenvalue weighted by Crippen LogP contribution is 2.56. The van der Waals surface area contributed by atoms with Crippen LogP contribution in [0.5, 0.6) is 0 Å². The molecule has 5 atom stereocenters. The maximum atomic E-state index is 6.81. The molecule has 0 aromatic carbocycles. The van der Waals surface area contributed by atoms with Crippen LogP contribution in [0.25, 0.3) is 0 Å². The SMILES string of the molecule is CN1CCC(C2C=CC=CO2)C(C2CCCO2)(N2CCCC2)C1(N1CCCC1)N1CCNC1. The van der Waals surface area contributed by atoms with Crippen molar-refractivity contribution in [1.29, 1.82) is 0 Å². The molecule has 6 rings (SSSR count). The van der Waals surface area contributed by atoms with Crippen molar-refractivity contribution in [2.45, 2.75) is 68.5 Å². The minimum Gasteiger partial charge on any atom is -0.494 e. The van der Waals surface area contributed by atoms with Crippen LogP contribution in [0.15, 0.2) is 24.5 Å². The molecule has 7 nitrogen and oxygen atoms in total. The second-order valence-corrected chi connectivity index (χ2v) is 10.9. The Bertz CT molecular complexity index is 701. The van der Waals surface area contributed by atoms with Crippen LogP contribution in [0, 0.1) is 5.92 Å². The first-order chi connectivity index (χ1) is 16.3. The van der Waals surface area contributed by atoms with E-state index in [1.165, 1.54) is 58.3 Å². The first-order valence-corrected chi connectivity index (χ1v) is 13.6. The van der Waals surface area contributed by atoms with Crippen molar-refractivity contribution in [3.8, 4) is 0 Å². The smallest absolute Gasteiger partial charge is 0.154 e. The number of hydrogen-bond acceptors (Lipinski definition) is 7. The molecule has 0 aliphatic carbocycles. The lowest BCUT2D eigenvalue weighted by molar-refractivity contribution is -0.300. The molecule has 5 fully saturated rings. The van der Waals surface area contributed by atoms with Crippen LogP contribution in [0.2, 0.25) is 0 Å². The average molecular weight is 458 g/mol. The van der Waals surface area contributed by atoms with Crippen LogP contribution < -0.4 is 5.32 Å². The van der Waals surface area contributed by atoms with E-state index in [0.717, 1.165) is 45.8 Å². The maximum Gasteiger partial charge on any atom is 0.154 e. The highest BCUT2D eigenvalue weighted by Gasteiger charge is 2.73. The lowest BCUT2D eigenvalue weighted by atomic mass is 9.63. The van der Waals surface area contributed by atoms with E-state index < -0.39 is 0 Å². The van der Waals surface area contributed by atoms with Crippen LogP contribution in [0.1, 0.15) is 44.9 Å². The Balaban J connectivity index is 1.59. The van der Waals surface area contributed by atoms with Crippen LogP contribution in [0.3, 0.4) is 0 Å². The van der Waals surface area contributed by atoms with E-state index in [1.54, 1.807) is 0 Å². The van der Waals surface area contributed by atoms with Gasteiger partial charge in [0, 0.05) is 45.2 Å². The molecule has 0 spiro atoms. The molecule has 6 aliphatic heterocycles. The zero-order chi connectivity index (χ0) is 22.3. The van der Waals surface area contributed by atoms with Gasteiger partial charge in [0.05, 0.1) is 19.0 Å². The molecule has 0 aromatic rings. The summed E-state index contributed by atoms with van der Waals surface area (Å²) in [6, 6.07) is 0. The molecule has 5 unspecified atom stereocenters. The van der Waals surface area contributed by atoms with Crippen molar-refractivity contribution < 1.29 is 9.47 Å². The van der Waals surface area contributed by atoms with Crippen molar-refractivity contribution in [2.75, 3.05) is 66.1 Å². The van der Waals surface area contributed by atoms with E-state index in [0.29, 0.717) is 5.92 Å². The summed E-state index contributed by atoms with van der Waals surface area (Å²) in [6.45, 7) is 9.81. The summed E-state index contributed by atoms with van der Waals surface area (Å²) in [7, 11) is 2.41. The number of rotatable bonds is 5. The van der Waals surface area contributed by atoms with Gasteiger partial charge in [-0.05, 0) is 77.2 Å². The second-order valence-electron chi connectivity index (χ2n) is 10.9. The molecule has 6 heterocycles. The fraction of sp³-hybridized carbons (Fsp3) is 0.846. The van der Waals surface area contributed by atoms with Gasteiger partial charge in [-0.3, -0.25) is 19.6 Å². The second kappa shape index (κ2) is 9.25. The minimum atomic E-state index is -0.187. The van der Waals surface area contributed by atoms with Crippen molar-refractivity contribution in [2.24, 2.45) is 5.92 Å². The molecule has 0 aromatic heterocycles. The number of ether oxygens (including phenoxy) is 2. The molecule has 1 N–H and O–H groups in total. The number of nitrogens with zero attached hydrogens (tertiary/aromatic N) is 4. The number of likely N-dealkylation sites (tertiary alicyclic amines) is 3. The number of nitrogens with one attached hydrogen (secondary N) is 1. The Hall–Kier alpha value is -0.960. The molecule has 6 aliphatic rings. The number of piperidine rings is 1. The summed E-state index contributed by atoms with van der Waals surface area (Å²) in [5.74, 6) is 0.200. The van der Waals surface area contributed by atoms with Gasteiger partial charge < -0.3 is 14.8 Å². The fourth-order valence-corrected chi connectivity index (χ4v) is 8.42. The largest absolute Gasteiger partial charge is 0.494 e. The third-order valence-corrected chi connectivity index (χ3v) is 9.43. The fourth-order valence-electron chi connectivity index (χ4n) is 8.42. The molecule has 33 heavy (non-hydrogen) atoms. The van der Waals surface area contributed by atoms with Gasteiger partial charge in [0.2, 0.25) is 0 Å². The van der Waals surface area contributed by atoms with E-state index in [2.05, 4.69) is 44.1 Å². The Morgan fingerprint density at radius 2 is 1.64 bits per heavy atom. The monoisotopic (exact) mass is 457 g/mol. The van der Waals surface area contributed by atoms with Crippen molar-refractivity contribution in [3.63, 3.8) is 0 Å². The van der Waals surface area contributed by atoms with E-state index in [4.69, 9.17) is 9.47 Å². The lowest BCUT2D eigenvalue weighted by Gasteiger charge is -2.71. The van der Waals surface area contributed by atoms with Crippen molar-refractivity contribution >= 4 is 0 Å². The molecular weight excluding hydrogens is 414 g/mol. The third-order valence-electron chi connectivity index (χ3n) is 9.43. The van der Waals surface area contributed by atoms with Gasteiger partial charge in [-0.15, -0.1) is 0 Å². The summed E-state index contributed by atoms with van der Waals surface area (Å²) < 4.78 is 13.2. The molecule has 0 bridgehead atoms. The van der Waals surface area contributed by atoms with Gasteiger partial charge in [0.1, 0.15) is 11.6 Å². The van der Waals surface area contributed by atoms with E-state index >= 15 is 0 Å². The highest BCUT2D eigenvalue weighted by atomic mass is 16.5. The van der Waals surface area contributed by atoms with Gasteiger partial charge >= 0.3 is 0 Å². The van der Waals surface area contributed by atoms with Crippen molar-refractivity contribution in [1.82, 2.24) is 24.9 Å². The topological polar surface area (TPSA) is 43.5 Å². The van der Waals surface area contributed by atoms with E-state index in [9.17, 15) is 0 Å². The third kappa shape index (κ3) is 3.30. The van der Waals surface area contributed by atoms with Crippen LogP contribution in [-0.2, 0) is 9.47 Å². The van der Waals surface area contributed by atoms with Gasteiger partial charge in [-0.2, -0.15) is 0 Å². The summed E-state index contributed by atoms with van der Waals surface area (Å²) in [5.41, 5.74) is -0.135. The summed E-state index contributed by atoms with van der Waals surface area (Å²) in [4.78, 5) is 11.3. The summed E-state index contributed by atoms with van der Waals surface area (Å²) in [5, 5.41) is 3.71. The van der Waals surface area contributed by atoms with Gasteiger partial charge in [0.25, 0.3) is 0 Å². The maximum absolute atomic E-state index is 6.81. The van der Waals surface area contributed by atoms with E-state index in [-0.39, 0.29) is 23.5 Å². The number of allylic oxidation sites excluding steroid dienone is 2. The Morgan fingerprint density at radius 3 is 2.27 bits per heavy atom. The standard InChI is InChI=1S/C26H43N5O2/c1-28-17-11-22(23-9-2-7-19-32-23)25(24-10-8-20-33-24,29-13-3-4-14-29)26(28,30-15-5-6-16-30)31-18-12-27-21-31/h2,7,9,19,22-24,27H,3-6,8,10-18,20-21H2,1H3. The van der Waals surface area contributed by atoms with Gasteiger partial charge in [-0.25, -0.2) is 0 Å². The van der Waals surface area contributed by atoms with Gasteiger partial charge in [0.15, 0.2) is 5.79 Å². The molecule has 0 radical (unpaired) electrons. The minimum absolute atomic E-state index is 0.103. The normalized spacial score (nSPS) is 43.6. The predicted octanol–water partition coefficient (Wildman–Crippen LogP) is 2.03. The molecule has 5 saturated heterocycles. The molecule has 184 valence electrons. The Morgan fingerprint density at radius 1 is 0.848 bits per heavy atom.